The molecule has 0 aliphatic heterocycles. The number of carboxylic acid groups (broad SMARTS) is 1. The Morgan fingerprint density at radius 1 is 1.56 bits per heavy atom. The first-order valence-corrected chi connectivity index (χ1v) is 5.27. The average Bonchev–Trinajstić information content (AvgIpc) is 2.22. The first-order chi connectivity index (χ1) is 7.54. The van der Waals surface area contributed by atoms with Crippen LogP contribution in [0.3, 0.4) is 0 Å². The summed E-state index contributed by atoms with van der Waals surface area (Å²) in [6.07, 6.45) is -0.968. The van der Waals surface area contributed by atoms with E-state index in [1.54, 1.807) is 18.2 Å². The van der Waals surface area contributed by atoms with Gasteiger partial charge < -0.3 is 14.7 Å². The van der Waals surface area contributed by atoms with Crippen LogP contribution in [0.25, 0.3) is 0 Å². The van der Waals surface area contributed by atoms with Crippen molar-refractivity contribution in [2.24, 2.45) is 0 Å². The van der Waals surface area contributed by atoms with E-state index in [0.29, 0.717) is 23.9 Å². The van der Waals surface area contributed by atoms with Crippen LogP contribution in [0.5, 0.6) is 5.75 Å². The van der Waals surface area contributed by atoms with Crippen LogP contribution in [-0.4, -0.2) is 29.8 Å². The molecule has 16 heavy (non-hydrogen) atoms. The van der Waals surface area contributed by atoms with Crippen molar-refractivity contribution in [3.63, 3.8) is 0 Å². The van der Waals surface area contributed by atoms with E-state index in [1.165, 1.54) is 11.9 Å². The molecule has 88 valence electrons. The summed E-state index contributed by atoms with van der Waals surface area (Å²) < 4.78 is 5.28. The molecule has 0 aliphatic rings. The van der Waals surface area contributed by atoms with Crippen LogP contribution in [0.2, 0.25) is 5.02 Å². The molecule has 1 amide bonds. The van der Waals surface area contributed by atoms with E-state index in [0.717, 1.165) is 5.56 Å². The van der Waals surface area contributed by atoms with E-state index >= 15 is 0 Å². The minimum atomic E-state index is -0.968. The molecule has 4 nitrogen and oxygen atoms in total. The lowest BCUT2D eigenvalue weighted by atomic mass is 10.2. The number of carbonyl (C=O) groups is 1. The Kier molecular flexibility index (Phi) is 4.43. The van der Waals surface area contributed by atoms with E-state index < -0.39 is 6.09 Å². The third kappa shape index (κ3) is 3.31. The summed E-state index contributed by atoms with van der Waals surface area (Å²) in [7, 11) is 1.51. The van der Waals surface area contributed by atoms with Crippen molar-refractivity contribution in [1.82, 2.24) is 4.90 Å². The normalized spacial score (nSPS) is 9.94. The minimum absolute atomic E-state index is 0.307. The van der Waals surface area contributed by atoms with Gasteiger partial charge >= 0.3 is 6.09 Å². The number of rotatable bonds is 4. The maximum atomic E-state index is 10.6. The average molecular weight is 244 g/mol. The Balaban J connectivity index is 2.77. The highest BCUT2D eigenvalue weighted by molar-refractivity contribution is 6.32. The molecule has 0 spiro atoms. The van der Waals surface area contributed by atoms with Crippen LogP contribution in [0.1, 0.15) is 12.5 Å². The van der Waals surface area contributed by atoms with Gasteiger partial charge in [-0.15, -0.1) is 0 Å². The van der Waals surface area contributed by atoms with Gasteiger partial charge in [0.1, 0.15) is 5.75 Å². The zero-order valence-corrected chi connectivity index (χ0v) is 9.99. The molecule has 1 N–H and O–H groups in total. The number of amides is 1. The smallest absolute Gasteiger partial charge is 0.407 e. The van der Waals surface area contributed by atoms with Gasteiger partial charge in [0.25, 0.3) is 0 Å². The molecule has 0 radical (unpaired) electrons. The molecule has 0 atom stereocenters. The van der Waals surface area contributed by atoms with E-state index in [9.17, 15) is 4.79 Å². The lowest BCUT2D eigenvalue weighted by Crippen LogP contribution is -2.23. The minimum Gasteiger partial charge on any atom is -0.492 e. The van der Waals surface area contributed by atoms with Gasteiger partial charge in [-0.1, -0.05) is 17.7 Å². The number of hydrogen-bond donors (Lipinski definition) is 1. The second kappa shape index (κ2) is 5.61. The number of nitrogens with zero attached hydrogens (tertiary/aromatic N) is 1. The summed E-state index contributed by atoms with van der Waals surface area (Å²) in [5, 5.41) is 9.22. The fourth-order valence-corrected chi connectivity index (χ4v) is 1.51. The van der Waals surface area contributed by atoms with E-state index in [4.69, 9.17) is 21.4 Å². The van der Waals surface area contributed by atoms with Crippen molar-refractivity contribution in [3.8, 4) is 5.75 Å². The second-order valence-corrected chi connectivity index (χ2v) is 3.74. The number of hydrogen-bond acceptors (Lipinski definition) is 2. The highest BCUT2D eigenvalue weighted by atomic mass is 35.5. The van der Waals surface area contributed by atoms with Crippen molar-refractivity contribution in [1.29, 1.82) is 0 Å². The van der Waals surface area contributed by atoms with Gasteiger partial charge in [-0.05, 0) is 24.6 Å². The molecule has 1 aromatic carbocycles. The molecule has 1 rings (SSSR count). The molecule has 1 aromatic rings. The van der Waals surface area contributed by atoms with Crippen LogP contribution in [-0.2, 0) is 6.54 Å². The van der Waals surface area contributed by atoms with Crippen molar-refractivity contribution in [3.05, 3.63) is 28.8 Å². The van der Waals surface area contributed by atoms with Crippen molar-refractivity contribution in [2.75, 3.05) is 13.7 Å². The van der Waals surface area contributed by atoms with Gasteiger partial charge in [0, 0.05) is 13.6 Å². The molecular formula is C11H14ClNO3. The fourth-order valence-electron chi connectivity index (χ4n) is 1.26. The highest BCUT2D eigenvalue weighted by Gasteiger charge is 2.08. The molecule has 0 bridgehead atoms. The van der Waals surface area contributed by atoms with Crippen LogP contribution < -0.4 is 4.74 Å². The van der Waals surface area contributed by atoms with E-state index in [2.05, 4.69) is 0 Å². The first-order valence-electron chi connectivity index (χ1n) is 4.90. The lowest BCUT2D eigenvalue weighted by molar-refractivity contribution is 0.153. The number of ether oxygens (including phenoxy) is 1. The van der Waals surface area contributed by atoms with Gasteiger partial charge in [-0.3, -0.25) is 0 Å². The van der Waals surface area contributed by atoms with Gasteiger partial charge in [-0.25, -0.2) is 4.79 Å². The first kappa shape index (κ1) is 12.6. The fraction of sp³-hybridized carbons (Fsp3) is 0.364. The monoisotopic (exact) mass is 243 g/mol. The van der Waals surface area contributed by atoms with Crippen LogP contribution >= 0.6 is 11.6 Å². The van der Waals surface area contributed by atoms with Crippen LogP contribution in [0.15, 0.2) is 18.2 Å². The number of halogens is 1. The molecule has 0 aromatic heterocycles. The van der Waals surface area contributed by atoms with Gasteiger partial charge in [0.15, 0.2) is 0 Å². The topological polar surface area (TPSA) is 49.8 Å². The van der Waals surface area contributed by atoms with Gasteiger partial charge in [-0.2, -0.15) is 0 Å². The third-order valence-corrected chi connectivity index (χ3v) is 2.34. The van der Waals surface area contributed by atoms with Crippen molar-refractivity contribution in [2.45, 2.75) is 13.5 Å². The van der Waals surface area contributed by atoms with E-state index in [-0.39, 0.29) is 0 Å². The zero-order chi connectivity index (χ0) is 12.1. The number of benzene rings is 1. The molecule has 0 saturated heterocycles. The Bertz CT molecular complexity index is 381. The zero-order valence-electron chi connectivity index (χ0n) is 9.24. The van der Waals surface area contributed by atoms with Crippen LogP contribution in [0, 0.1) is 0 Å². The summed E-state index contributed by atoms with van der Waals surface area (Å²) in [5.74, 6) is 0.617. The lowest BCUT2D eigenvalue weighted by Gasteiger charge is -2.14. The Labute approximate surface area is 99.4 Å². The summed E-state index contributed by atoms with van der Waals surface area (Å²) in [6, 6.07) is 5.26. The molecule has 0 fully saturated rings. The maximum Gasteiger partial charge on any atom is 0.407 e. The standard InChI is InChI=1S/C11H14ClNO3/c1-3-16-10-5-4-8(6-9(10)12)7-13(2)11(14)15/h4-6H,3,7H2,1-2H3,(H,14,15). The largest absolute Gasteiger partial charge is 0.492 e. The Morgan fingerprint density at radius 3 is 2.75 bits per heavy atom. The Morgan fingerprint density at radius 2 is 2.25 bits per heavy atom. The summed E-state index contributed by atoms with van der Waals surface area (Å²) in [5.41, 5.74) is 0.832. The SMILES string of the molecule is CCOc1ccc(CN(C)C(=O)O)cc1Cl. The highest BCUT2D eigenvalue weighted by Crippen LogP contribution is 2.25. The molecule has 0 unspecified atom stereocenters. The van der Waals surface area contributed by atoms with E-state index in [1.807, 2.05) is 6.92 Å². The molecular weight excluding hydrogens is 230 g/mol. The van der Waals surface area contributed by atoms with Crippen LogP contribution in [0.4, 0.5) is 4.79 Å². The van der Waals surface area contributed by atoms with Gasteiger partial charge in [0.2, 0.25) is 0 Å². The van der Waals surface area contributed by atoms with Crippen molar-refractivity contribution >= 4 is 17.7 Å². The summed E-state index contributed by atoms with van der Waals surface area (Å²) >= 11 is 5.98. The predicted octanol–water partition coefficient (Wildman–Crippen LogP) is 2.85. The van der Waals surface area contributed by atoms with Gasteiger partial charge in [0.05, 0.1) is 11.6 Å². The quantitative estimate of drug-likeness (QED) is 0.885. The molecule has 0 heterocycles. The second-order valence-electron chi connectivity index (χ2n) is 3.34. The summed E-state index contributed by atoms with van der Waals surface area (Å²) in [4.78, 5) is 11.8. The summed E-state index contributed by atoms with van der Waals surface area (Å²) in [6.45, 7) is 2.73. The maximum absolute atomic E-state index is 10.6. The van der Waals surface area contributed by atoms with Crippen molar-refractivity contribution < 1.29 is 14.6 Å². The molecule has 0 saturated carbocycles. The Hall–Kier alpha value is -1.42. The third-order valence-electron chi connectivity index (χ3n) is 2.04. The molecule has 0 aliphatic carbocycles. The molecule has 5 heteroatoms. The predicted molar refractivity (Wildman–Crippen MR) is 62.1 cm³/mol.